The fourth-order valence-electron chi connectivity index (χ4n) is 2.42. The summed E-state index contributed by atoms with van der Waals surface area (Å²) in [7, 11) is 3.26. The Bertz CT molecular complexity index is 433. The van der Waals surface area contributed by atoms with Crippen LogP contribution in [0.25, 0.3) is 0 Å². The Kier molecular flexibility index (Phi) is 5.64. The van der Waals surface area contributed by atoms with E-state index in [9.17, 15) is 0 Å². The average molecular weight is 282 g/mol. The summed E-state index contributed by atoms with van der Waals surface area (Å²) >= 11 is 0. The van der Waals surface area contributed by atoms with Crippen LogP contribution in [0.4, 0.5) is 0 Å². The molecule has 0 spiro atoms. The van der Waals surface area contributed by atoms with Crippen molar-refractivity contribution in [1.29, 1.82) is 0 Å². The van der Waals surface area contributed by atoms with E-state index in [0.717, 1.165) is 24.2 Å². The second kappa shape index (κ2) is 7.47. The van der Waals surface area contributed by atoms with Crippen LogP contribution in [0.15, 0.2) is 12.1 Å². The molecule has 0 radical (unpaired) electrons. The molecule has 0 saturated carbocycles. The van der Waals surface area contributed by atoms with Crippen LogP contribution in [-0.4, -0.2) is 45.8 Å². The molecule has 1 aliphatic rings. The van der Waals surface area contributed by atoms with Gasteiger partial charge in [-0.25, -0.2) is 0 Å². The largest absolute Gasteiger partial charge is 0.493 e. The molecule has 20 heavy (non-hydrogen) atoms. The maximum atomic E-state index is 8.79. The Labute approximate surface area is 119 Å². The van der Waals surface area contributed by atoms with Gasteiger partial charge in [-0.05, 0) is 36.1 Å². The fourth-order valence-corrected chi connectivity index (χ4v) is 2.42. The first-order valence-electron chi connectivity index (χ1n) is 6.85. The number of hydrogen-bond acceptors (Lipinski definition) is 5. The Balaban J connectivity index is 2.27. The van der Waals surface area contributed by atoms with E-state index in [1.807, 2.05) is 12.1 Å². The lowest BCUT2D eigenvalue weighted by Gasteiger charge is -2.20. The zero-order valence-electron chi connectivity index (χ0n) is 12.1. The van der Waals surface area contributed by atoms with Gasteiger partial charge in [0.2, 0.25) is 0 Å². The Morgan fingerprint density at radius 2 is 2.00 bits per heavy atom. The van der Waals surface area contributed by atoms with Crippen molar-refractivity contribution in [3.05, 3.63) is 23.3 Å². The number of aliphatic hydroxyl groups excluding tert-OH is 1. The molecule has 0 unspecified atom stereocenters. The van der Waals surface area contributed by atoms with Gasteiger partial charge < -0.3 is 24.1 Å². The number of fused-ring (bicyclic) bond motifs is 1. The standard InChI is InChI=1S/C15H22O5/c1-17-13-8-11-4-3-6-20-15(10-19-7-5-16)12(11)9-14(13)18-2/h8-9,15-16H,3-7,10H2,1-2H3/t15-/m0/s1. The molecular formula is C15H22O5. The van der Waals surface area contributed by atoms with Crippen LogP contribution in [0.2, 0.25) is 0 Å². The highest BCUT2D eigenvalue weighted by Gasteiger charge is 2.22. The van der Waals surface area contributed by atoms with E-state index in [1.54, 1.807) is 14.2 Å². The first-order valence-corrected chi connectivity index (χ1v) is 6.85. The second-order valence-electron chi connectivity index (χ2n) is 4.67. The van der Waals surface area contributed by atoms with Crippen LogP contribution in [-0.2, 0) is 15.9 Å². The Morgan fingerprint density at radius 3 is 2.70 bits per heavy atom. The van der Waals surface area contributed by atoms with Crippen LogP contribution < -0.4 is 9.47 Å². The van der Waals surface area contributed by atoms with E-state index in [1.165, 1.54) is 5.56 Å². The van der Waals surface area contributed by atoms with Gasteiger partial charge in [-0.3, -0.25) is 0 Å². The summed E-state index contributed by atoms with van der Waals surface area (Å²) in [5, 5.41) is 8.79. The molecule has 1 N–H and O–H groups in total. The SMILES string of the molecule is COc1cc2c(cc1OC)[C@H](COCCO)OCCC2. The van der Waals surface area contributed by atoms with E-state index in [0.29, 0.717) is 25.6 Å². The van der Waals surface area contributed by atoms with E-state index < -0.39 is 0 Å². The van der Waals surface area contributed by atoms with E-state index in [-0.39, 0.29) is 12.7 Å². The molecule has 5 nitrogen and oxygen atoms in total. The molecule has 1 atom stereocenters. The minimum absolute atomic E-state index is 0.0194. The molecule has 5 heteroatoms. The molecule has 1 heterocycles. The van der Waals surface area contributed by atoms with Gasteiger partial charge in [0.05, 0.1) is 34.0 Å². The van der Waals surface area contributed by atoms with Crippen molar-refractivity contribution < 1.29 is 24.1 Å². The lowest BCUT2D eigenvalue weighted by atomic mass is 9.99. The number of aryl methyl sites for hydroxylation is 1. The van der Waals surface area contributed by atoms with Crippen molar-refractivity contribution >= 4 is 0 Å². The second-order valence-corrected chi connectivity index (χ2v) is 4.67. The molecule has 0 aliphatic carbocycles. The topological polar surface area (TPSA) is 57.2 Å². The third-order valence-electron chi connectivity index (χ3n) is 3.41. The number of benzene rings is 1. The lowest BCUT2D eigenvalue weighted by molar-refractivity contribution is -0.0230. The van der Waals surface area contributed by atoms with Gasteiger partial charge in [-0.1, -0.05) is 0 Å². The molecule has 112 valence electrons. The van der Waals surface area contributed by atoms with Gasteiger partial charge in [0, 0.05) is 6.61 Å². The zero-order valence-corrected chi connectivity index (χ0v) is 12.1. The average Bonchev–Trinajstić information content (AvgIpc) is 2.68. The van der Waals surface area contributed by atoms with E-state index in [2.05, 4.69) is 0 Å². The highest BCUT2D eigenvalue weighted by Crippen LogP contribution is 2.36. The van der Waals surface area contributed by atoms with Crippen molar-refractivity contribution in [2.24, 2.45) is 0 Å². The minimum Gasteiger partial charge on any atom is -0.493 e. The number of rotatable bonds is 6. The molecule has 1 aromatic rings. The molecule has 2 rings (SSSR count). The van der Waals surface area contributed by atoms with Crippen molar-refractivity contribution in [2.45, 2.75) is 18.9 Å². The molecule has 0 fully saturated rings. The van der Waals surface area contributed by atoms with Crippen LogP contribution in [0, 0.1) is 0 Å². The highest BCUT2D eigenvalue weighted by molar-refractivity contribution is 5.48. The summed E-state index contributed by atoms with van der Waals surface area (Å²) in [4.78, 5) is 0. The van der Waals surface area contributed by atoms with Crippen LogP contribution in [0.1, 0.15) is 23.7 Å². The lowest BCUT2D eigenvalue weighted by Crippen LogP contribution is -2.14. The summed E-state index contributed by atoms with van der Waals surface area (Å²) < 4.78 is 22.0. The molecule has 0 amide bonds. The normalized spacial score (nSPS) is 18.2. The molecule has 0 aromatic heterocycles. The summed E-state index contributed by atoms with van der Waals surface area (Å²) in [6, 6.07) is 3.98. The fraction of sp³-hybridized carbons (Fsp3) is 0.600. The Hall–Kier alpha value is -1.30. The van der Waals surface area contributed by atoms with Crippen molar-refractivity contribution in [1.82, 2.24) is 0 Å². The van der Waals surface area contributed by atoms with Crippen LogP contribution in [0.3, 0.4) is 0 Å². The van der Waals surface area contributed by atoms with Crippen molar-refractivity contribution in [3.8, 4) is 11.5 Å². The van der Waals surface area contributed by atoms with Crippen molar-refractivity contribution in [2.75, 3.05) is 40.6 Å². The summed E-state index contributed by atoms with van der Waals surface area (Å²) in [5.41, 5.74) is 2.29. The maximum absolute atomic E-state index is 8.79. The maximum Gasteiger partial charge on any atom is 0.161 e. The molecular weight excluding hydrogens is 260 g/mol. The molecule has 1 aliphatic heterocycles. The number of aliphatic hydroxyl groups is 1. The number of hydrogen-bond donors (Lipinski definition) is 1. The zero-order chi connectivity index (χ0) is 14.4. The molecule has 0 bridgehead atoms. The smallest absolute Gasteiger partial charge is 0.161 e. The van der Waals surface area contributed by atoms with Gasteiger partial charge in [-0.15, -0.1) is 0 Å². The molecule has 0 saturated heterocycles. The van der Waals surface area contributed by atoms with Crippen LogP contribution in [0.5, 0.6) is 11.5 Å². The third-order valence-corrected chi connectivity index (χ3v) is 3.41. The summed E-state index contributed by atoms with van der Waals surface area (Å²) in [5.74, 6) is 1.44. The van der Waals surface area contributed by atoms with Gasteiger partial charge >= 0.3 is 0 Å². The third kappa shape index (κ3) is 3.42. The van der Waals surface area contributed by atoms with E-state index in [4.69, 9.17) is 24.1 Å². The van der Waals surface area contributed by atoms with Gasteiger partial charge in [0.1, 0.15) is 6.10 Å². The first-order chi connectivity index (χ1) is 9.80. The van der Waals surface area contributed by atoms with E-state index >= 15 is 0 Å². The van der Waals surface area contributed by atoms with Gasteiger partial charge in [0.25, 0.3) is 0 Å². The quantitative estimate of drug-likeness (QED) is 0.805. The predicted octanol–water partition coefficient (Wildman–Crippen LogP) is 1.72. The summed E-state index contributed by atoms with van der Waals surface area (Å²) in [6.07, 6.45) is 1.80. The minimum atomic E-state index is -0.126. The number of methoxy groups -OCH3 is 2. The first kappa shape index (κ1) is 15.1. The molecule has 1 aromatic carbocycles. The highest BCUT2D eigenvalue weighted by atomic mass is 16.5. The van der Waals surface area contributed by atoms with Crippen molar-refractivity contribution in [3.63, 3.8) is 0 Å². The van der Waals surface area contributed by atoms with Gasteiger partial charge in [-0.2, -0.15) is 0 Å². The summed E-state index contributed by atoms with van der Waals surface area (Å²) in [6.45, 7) is 1.48. The Morgan fingerprint density at radius 1 is 1.25 bits per heavy atom. The van der Waals surface area contributed by atoms with Gasteiger partial charge in [0.15, 0.2) is 11.5 Å². The number of ether oxygens (including phenoxy) is 4. The monoisotopic (exact) mass is 282 g/mol. The predicted molar refractivity (Wildman–Crippen MR) is 74.5 cm³/mol. The van der Waals surface area contributed by atoms with Crippen LogP contribution >= 0.6 is 0 Å².